The molecule has 0 amide bonds. The second-order valence-corrected chi connectivity index (χ2v) is 2.67. The molecule has 0 bridgehead atoms. The zero-order chi connectivity index (χ0) is 7.40. The third-order valence-electron chi connectivity index (χ3n) is 1.73. The van der Waals surface area contributed by atoms with E-state index < -0.39 is 0 Å². The molecule has 0 aromatic heterocycles. The first-order chi connectivity index (χ1) is 4.83. The SMILES string of the molecule is CCC(C)NC1CCOO1. The van der Waals surface area contributed by atoms with Crippen LogP contribution in [0, 0.1) is 0 Å². The molecule has 1 aliphatic heterocycles. The van der Waals surface area contributed by atoms with Gasteiger partial charge in [-0.15, -0.1) is 0 Å². The molecule has 1 fully saturated rings. The highest BCUT2D eigenvalue weighted by molar-refractivity contribution is 4.63. The van der Waals surface area contributed by atoms with Gasteiger partial charge in [-0.3, -0.25) is 5.32 Å². The van der Waals surface area contributed by atoms with E-state index in [1.165, 1.54) is 0 Å². The van der Waals surface area contributed by atoms with Crippen molar-refractivity contribution >= 4 is 0 Å². The van der Waals surface area contributed by atoms with Crippen molar-refractivity contribution in [2.75, 3.05) is 6.61 Å². The van der Waals surface area contributed by atoms with E-state index in [-0.39, 0.29) is 6.23 Å². The molecule has 1 rings (SSSR count). The molecule has 1 aliphatic rings. The van der Waals surface area contributed by atoms with Gasteiger partial charge in [-0.25, -0.2) is 9.78 Å². The van der Waals surface area contributed by atoms with Crippen molar-refractivity contribution in [3.8, 4) is 0 Å². The second kappa shape index (κ2) is 3.91. The van der Waals surface area contributed by atoms with E-state index in [0.29, 0.717) is 12.6 Å². The van der Waals surface area contributed by atoms with Gasteiger partial charge in [0, 0.05) is 12.5 Å². The molecule has 3 nitrogen and oxygen atoms in total. The maximum absolute atomic E-state index is 4.91. The van der Waals surface area contributed by atoms with Crippen LogP contribution in [-0.2, 0) is 9.78 Å². The first kappa shape index (κ1) is 7.98. The van der Waals surface area contributed by atoms with Crippen LogP contribution in [0.4, 0.5) is 0 Å². The fourth-order valence-corrected chi connectivity index (χ4v) is 0.880. The van der Waals surface area contributed by atoms with Gasteiger partial charge in [0.05, 0.1) is 6.61 Å². The Hall–Kier alpha value is -0.120. The normalized spacial score (nSPS) is 28.8. The Balaban J connectivity index is 2.11. The summed E-state index contributed by atoms with van der Waals surface area (Å²) >= 11 is 0. The van der Waals surface area contributed by atoms with Crippen molar-refractivity contribution in [2.24, 2.45) is 0 Å². The molecule has 1 heterocycles. The summed E-state index contributed by atoms with van der Waals surface area (Å²) in [5, 5.41) is 3.28. The van der Waals surface area contributed by atoms with Crippen LogP contribution >= 0.6 is 0 Å². The molecule has 1 saturated heterocycles. The smallest absolute Gasteiger partial charge is 0.146 e. The Morgan fingerprint density at radius 2 is 2.50 bits per heavy atom. The summed E-state index contributed by atoms with van der Waals surface area (Å²) < 4.78 is 0. The lowest BCUT2D eigenvalue weighted by atomic mass is 10.2. The molecule has 0 aromatic carbocycles. The van der Waals surface area contributed by atoms with Crippen LogP contribution < -0.4 is 5.32 Å². The van der Waals surface area contributed by atoms with Gasteiger partial charge in [0.1, 0.15) is 6.23 Å². The summed E-state index contributed by atoms with van der Waals surface area (Å²) in [6.07, 6.45) is 2.21. The molecule has 0 spiro atoms. The molecule has 2 unspecified atom stereocenters. The summed E-state index contributed by atoms with van der Waals surface area (Å²) in [5.41, 5.74) is 0. The lowest BCUT2D eigenvalue weighted by molar-refractivity contribution is -0.280. The molecule has 2 atom stereocenters. The highest BCUT2D eigenvalue weighted by atomic mass is 17.2. The molecular formula is C7H15NO2. The summed E-state index contributed by atoms with van der Waals surface area (Å²) in [6, 6.07) is 0.520. The molecule has 1 N–H and O–H groups in total. The van der Waals surface area contributed by atoms with Crippen LogP contribution in [0.2, 0.25) is 0 Å². The maximum atomic E-state index is 4.91. The number of rotatable bonds is 3. The lowest BCUT2D eigenvalue weighted by Crippen LogP contribution is -2.35. The van der Waals surface area contributed by atoms with Gasteiger partial charge in [-0.05, 0) is 13.3 Å². The minimum atomic E-state index is 0.120. The number of nitrogens with one attached hydrogen (secondary N) is 1. The predicted molar refractivity (Wildman–Crippen MR) is 38.3 cm³/mol. The summed E-state index contributed by atoms with van der Waals surface area (Å²) in [5.74, 6) is 0. The van der Waals surface area contributed by atoms with Gasteiger partial charge in [-0.1, -0.05) is 6.92 Å². The van der Waals surface area contributed by atoms with Crippen molar-refractivity contribution < 1.29 is 9.78 Å². The van der Waals surface area contributed by atoms with Crippen LogP contribution in [0.15, 0.2) is 0 Å². The van der Waals surface area contributed by atoms with Gasteiger partial charge in [0.2, 0.25) is 0 Å². The minimum absolute atomic E-state index is 0.120. The van der Waals surface area contributed by atoms with Gasteiger partial charge >= 0.3 is 0 Å². The van der Waals surface area contributed by atoms with Crippen molar-refractivity contribution in [2.45, 2.75) is 39.0 Å². The molecule has 0 aromatic rings. The third kappa shape index (κ3) is 2.25. The average molecular weight is 145 g/mol. The lowest BCUT2D eigenvalue weighted by Gasteiger charge is -2.14. The van der Waals surface area contributed by atoms with Gasteiger partial charge in [0.25, 0.3) is 0 Å². The fraction of sp³-hybridized carbons (Fsp3) is 1.00. The van der Waals surface area contributed by atoms with E-state index in [0.717, 1.165) is 12.8 Å². The van der Waals surface area contributed by atoms with Crippen LogP contribution in [-0.4, -0.2) is 18.9 Å². The maximum Gasteiger partial charge on any atom is 0.146 e. The average Bonchev–Trinajstić information content (AvgIpc) is 2.40. The Kier molecular flexibility index (Phi) is 3.12. The molecule has 60 valence electrons. The standard InChI is InChI=1S/C7H15NO2/c1-3-6(2)8-7-4-5-9-10-7/h6-8H,3-5H2,1-2H3. The highest BCUT2D eigenvalue weighted by Gasteiger charge is 2.17. The zero-order valence-corrected chi connectivity index (χ0v) is 6.59. The molecular weight excluding hydrogens is 130 g/mol. The molecule has 10 heavy (non-hydrogen) atoms. The minimum Gasteiger partial charge on any atom is -0.287 e. The summed E-state index contributed by atoms with van der Waals surface area (Å²) in [7, 11) is 0. The first-order valence-electron chi connectivity index (χ1n) is 3.87. The topological polar surface area (TPSA) is 30.5 Å². The Bertz CT molecular complexity index is 91.6. The predicted octanol–water partition coefficient (Wildman–Crippen LogP) is 1.05. The molecule has 3 heteroatoms. The van der Waals surface area contributed by atoms with Crippen LogP contribution in [0.3, 0.4) is 0 Å². The van der Waals surface area contributed by atoms with Crippen LogP contribution in [0.1, 0.15) is 26.7 Å². The van der Waals surface area contributed by atoms with Crippen molar-refractivity contribution in [1.29, 1.82) is 0 Å². The molecule has 0 radical (unpaired) electrons. The van der Waals surface area contributed by atoms with E-state index in [4.69, 9.17) is 9.78 Å². The van der Waals surface area contributed by atoms with Crippen LogP contribution in [0.25, 0.3) is 0 Å². The van der Waals surface area contributed by atoms with E-state index >= 15 is 0 Å². The highest BCUT2D eigenvalue weighted by Crippen LogP contribution is 2.06. The fourth-order valence-electron chi connectivity index (χ4n) is 0.880. The Morgan fingerprint density at radius 3 is 3.00 bits per heavy atom. The molecule has 0 aliphatic carbocycles. The first-order valence-corrected chi connectivity index (χ1v) is 3.87. The third-order valence-corrected chi connectivity index (χ3v) is 1.73. The van der Waals surface area contributed by atoms with Gasteiger partial charge in [0.15, 0.2) is 0 Å². The monoisotopic (exact) mass is 145 g/mol. The molecule has 0 saturated carbocycles. The van der Waals surface area contributed by atoms with Crippen LogP contribution in [0.5, 0.6) is 0 Å². The van der Waals surface area contributed by atoms with E-state index in [1.807, 2.05) is 0 Å². The Morgan fingerprint density at radius 1 is 1.70 bits per heavy atom. The second-order valence-electron chi connectivity index (χ2n) is 2.67. The van der Waals surface area contributed by atoms with E-state index in [2.05, 4.69) is 19.2 Å². The summed E-state index contributed by atoms with van der Waals surface area (Å²) in [4.78, 5) is 9.65. The van der Waals surface area contributed by atoms with Crippen molar-refractivity contribution in [3.05, 3.63) is 0 Å². The summed E-state index contributed by atoms with van der Waals surface area (Å²) in [6.45, 7) is 5.00. The van der Waals surface area contributed by atoms with Crippen molar-refractivity contribution in [1.82, 2.24) is 5.32 Å². The number of hydrogen-bond acceptors (Lipinski definition) is 3. The van der Waals surface area contributed by atoms with E-state index in [1.54, 1.807) is 0 Å². The van der Waals surface area contributed by atoms with Gasteiger partial charge in [-0.2, -0.15) is 0 Å². The van der Waals surface area contributed by atoms with Gasteiger partial charge < -0.3 is 0 Å². The number of hydrogen-bond donors (Lipinski definition) is 1. The zero-order valence-electron chi connectivity index (χ0n) is 6.59. The Labute approximate surface area is 61.6 Å². The van der Waals surface area contributed by atoms with Crippen molar-refractivity contribution in [3.63, 3.8) is 0 Å². The largest absolute Gasteiger partial charge is 0.287 e. The quantitative estimate of drug-likeness (QED) is 0.602. The van der Waals surface area contributed by atoms with E-state index in [9.17, 15) is 0 Å².